The van der Waals surface area contributed by atoms with Gasteiger partial charge in [-0.05, 0) is 24.0 Å². The molecule has 118 valence electrons. The summed E-state index contributed by atoms with van der Waals surface area (Å²) in [6.45, 7) is 0.789. The predicted molar refractivity (Wildman–Crippen MR) is 89.0 cm³/mol. The number of nitrogens with zero attached hydrogens (tertiary/aromatic N) is 1. The normalized spacial score (nSPS) is 18.3. The van der Waals surface area contributed by atoms with E-state index in [1.54, 1.807) is 6.08 Å². The molecule has 2 rings (SSSR count). The van der Waals surface area contributed by atoms with Crippen LogP contribution in [0.15, 0.2) is 42.5 Å². The molecule has 0 radical (unpaired) electrons. The van der Waals surface area contributed by atoms with Gasteiger partial charge in [-0.15, -0.1) is 0 Å². The maximum Gasteiger partial charge on any atom is 0.275 e. The van der Waals surface area contributed by atoms with Crippen LogP contribution in [0.1, 0.15) is 18.4 Å². The van der Waals surface area contributed by atoms with Crippen molar-refractivity contribution >= 4 is 46.5 Å². The van der Waals surface area contributed by atoms with Gasteiger partial charge in [0.25, 0.3) is 9.70 Å². The molecule has 1 aliphatic rings. The van der Waals surface area contributed by atoms with Gasteiger partial charge in [0.05, 0.1) is 0 Å². The van der Waals surface area contributed by atoms with Crippen LogP contribution < -0.4 is 0 Å². The molecule has 1 aliphatic carbocycles. The molecule has 1 unspecified atom stereocenters. The van der Waals surface area contributed by atoms with Gasteiger partial charge in [-0.2, -0.15) is 0 Å². The Bertz CT molecular complexity index is 567. The molecule has 1 aromatic rings. The van der Waals surface area contributed by atoms with Crippen molar-refractivity contribution < 1.29 is 9.59 Å². The fourth-order valence-corrected chi connectivity index (χ4v) is 2.75. The number of carbonyl (C=O) groups is 2. The van der Waals surface area contributed by atoms with Crippen molar-refractivity contribution in [1.29, 1.82) is 0 Å². The zero-order valence-electron chi connectivity index (χ0n) is 11.8. The number of alkyl halides is 3. The van der Waals surface area contributed by atoms with E-state index >= 15 is 0 Å². The first-order chi connectivity index (χ1) is 10.4. The zero-order chi connectivity index (χ0) is 16.2. The Kier molecular flexibility index (Phi) is 5.90. The third-order valence-electron chi connectivity index (χ3n) is 3.52. The van der Waals surface area contributed by atoms with Crippen LogP contribution in [0.5, 0.6) is 0 Å². The van der Waals surface area contributed by atoms with Gasteiger partial charge in [0, 0.05) is 19.5 Å². The number of amides is 1. The van der Waals surface area contributed by atoms with Gasteiger partial charge in [0.2, 0.25) is 0 Å². The third-order valence-corrected chi connectivity index (χ3v) is 4.00. The number of benzene rings is 1. The molecule has 0 aliphatic heterocycles. The largest absolute Gasteiger partial charge is 0.334 e. The van der Waals surface area contributed by atoms with E-state index in [4.69, 9.17) is 34.8 Å². The van der Waals surface area contributed by atoms with E-state index in [1.165, 1.54) is 4.90 Å². The molecule has 0 N–H and O–H groups in total. The molecular weight excluding hydrogens is 345 g/mol. The number of allylic oxidation sites excluding steroid dienone is 1. The van der Waals surface area contributed by atoms with Crippen LogP contribution in [0.25, 0.3) is 0 Å². The minimum Gasteiger partial charge on any atom is -0.334 e. The van der Waals surface area contributed by atoms with E-state index in [0.29, 0.717) is 25.9 Å². The molecular formula is C16H16Cl3NO2. The fraction of sp³-hybridized carbons (Fsp3) is 0.375. The molecule has 0 bridgehead atoms. The summed E-state index contributed by atoms with van der Waals surface area (Å²) < 4.78 is -1.98. The smallest absolute Gasteiger partial charge is 0.275 e. The number of rotatable bonds is 4. The van der Waals surface area contributed by atoms with Crippen molar-refractivity contribution in [1.82, 2.24) is 4.90 Å². The van der Waals surface area contributed by atoms with Crippen LogP contribution in [-0.4, -0.2) is 26.9 Å². The van der Waals surface area contributed by atoms with E-state index in [-0.39, 0.29) is 11.7 Å². The van der Waals surface area contributed by atoms with E-state index < -0.39 is 9.70 Å². The van der Waals surface area contributed by atoms with E-state index in [2.05, 4.69) is 0 Å². The summed E-state index contributed by atoms with van der Waals surface area (Å²) in [6.07, 6.45) is 4.58. The zero-order valence-corrected chi connectivity index (χ0v) is 14.1. The number of ketones is 1. The van der Waals surface area contributed by atoms with Crippen LogP contribution in [-0.2, 0) is 16.1 Å². The van der Waals surface area contributed by atoms with Gasteiger partial charge in [0.15, 0.2) is 5.78 Å². The lowest BCUT2D eigenvalue weighted by Gasteiger charge is -2.29. The first kappa shape index (κ1) is 17.3. The van der Waals surface area contributed by atoms with Crippen molar-refractivity contribution in [2.75, 3.05) is 6.54 Å². The standard InChI is InChI=1S/C16H16Cl3NO2/c17-16(18,19)15(22)20(10-12-4-2-1-3-5-12)11-13-6-8-14(21)9-7-13/h1-6,8,13H,7,9-11H2. The average molecular weight is 361 g/mol. The Morgan fingerprint density at radius 1 is 1.23 bits per heavy atom. The van der Waals surface area contributed by atoms with Crippen molar-refractivity contribution in [2.45, 2.75) is 23.2 Å². The van der Waals surface area contributed by atoms with Crippen LogP contribution >= 0.6 is 34.8 Å². The minimum absolute atomic E-state index is 0.0951. The molecule has 0 heterocycles. The number of hydrogen-bond acceptors (Lipinski definition) is 2. The SMILES string of the molecule is O=C1C=CC(CN(Cc2ccccc2)C(=O)C(Cl)(Cl)Cl)CC1. The lowest BCUT2D eigenvalue weighted by Crippen LogP contribution is -2.41. The highest BCUT2D eigenvalue weighted by atomic mass is 35.6. The molecule has 0 saturated carbocycles. The summed E-state index contributed by atoms with van der Waals surface area (Å²) in [5.41, 5.74) is 0.959. The number of halogens is 3. The molecule has 1 amide bonds. The second kappa shape index (κ2) is 7.49. The van der Waals surface area contributed by atoms with Gasteiger partial charge in [0.1, 0.15) is 0 Å². The van der Waals surface area contributed by atoms with Crippen molar-refractivity contribution in [3.63, 3.8) is 0 Å². The number of carbonyl (C=O) groups excluding carboxylic acids is 2. The molecule has 0 fully saturated rings. The van der Waals surface area contributed by atoms with Crippen molar-refractivity contribution in [2.24, 2.45) is 5.92 Å². The Hall–Kier alpha value is -1.03. The Labute approximate surface area is 144 Å². The second-order valence-corrected chi connectivity index (χ2v) is 7.57. The maximum absolute atomic E-state index is 12.3. The van der Waals surface area contributed by atoms with Gasteiger partial charge >= 0.3 is 0 Å². The highest BCUT2D eigenvalue weighted by molar-refractivity contribution is 6.76. The highest BCUT2D eigenvalue weighted by Crippen LogP contribution is 2.30. The van der Waals surface area contributed by atoms with Crippen molar-refractivity contribution in [3.05, 3.63) is 48.0 Å². The first-order valence-electron chi connectivity index (χ1n) is 6.97. The van der Waals surface area contributed by atoms with Gasteiger partial charge in [-0.3, -0.25) is 9.59 Å². The molecule has 1 atom stereocenters. The summed E-state index contributed by atoms with van der Waals surface area (Å²) in [5.74, 6) is -0.345. The quantitative estimate of drug-likeness (QED) is 0.763. The summed E-state index contributed by atoms with van der Waals surface area (Å²) in [4.78, 5) is 25.1. The second-order valence-electron chi connectivity index (χ2n) is 5.29. The molecule has 6 heteroatoms. The van der Waals surface area contributed by atoms with Gasteiger partial charge < -0.3 is 4.90 Å². The minimum atomic E-state index is -1.98. The number of hydrogen-bond donors (Lipinski definition) is 0. The molecule has 0 saturated heterocycles. The predicted octanol–water partition coefficient (Wildman–Crippen LogP) is 3.92. The van der Waals surface area contributed by atoms with Crippen LogP contribution in [0.3, 0.4) is 0 Å². The molecule has 1 aromatic carbocycles. The summed E-state index contributed by atoms with van der Waals surface area (Å²) in [5, 5.41) is 0. The van der Waals surface area contributed by atoms with E-state index in [0.717, 1.165) is 5.56 Å². The van der Waals surface area contributed by atoms with Crippen LogP contribution in [0.4, 0.5) is 0 Å². The molecule has 22 heavy (non-hydrogen) atoms. The van der Waals surface area contributed by atoms with Crippen LogP contribution in [0.2, 0.25) is 0 Å². The van der Waals surface area contributed by atoms with E-state index in [1.807, 2.05) is 36.4 Å². The average Bonchev–Trinajstić information content (AvgIpc) is 2.48. The Balaban J connectivity index is 2.13. The summed E-state index contributed by atoms with van der Waals surface area (Å²) in [7, 11) is 0. The lowest BCUT2D eigenvalue weighted by atomic mass is 9.94. The monoisotopic (exact) mass is 359 g/mol. The van der Waals surface area contributed by atoms with Crippen LogP contribution in [0, 0.1) is 5.92 Å². The van der Waals surface area contributed by atoms with Gasteiger partial charge in [-0.1, -0.05) is 71.2 Å². The fourth-order valence-electron chi connectivity index (χ4n) is 2.39. The molecule has 3 nitrogen and oxygen atoms in total. The highest BCUT2D eigenvalue weighted by Gasteiger charge is 2.36. The first-order valence-corrected chi connectivity index (χ1v) is 8.10. The Morgan fingerprint density at radius 3 is 2.45 bits per heavy atom. The summed E-state index contributed by atoms with van der Waals surface area (Å²) >= 11 is 17.3. The third kappa shape index (κ3) is 5.01. The topological polar surface area (TPSA) is 37.4 Å². The molecule has 0 aromatic heterocycles. The maximum atomic E-state index is 12.3. The summed E-state index contributed by atoms with van der Waals surface area (Å²) in [6, 6.07) is 9.52. The molecule has 0 spiro atoms. The van der Waals surface area contributed by atoms with E-state index in [9.17, 15) is 9.59 Å². The Morgan fingerprint density at radius 2 is 1.91 bits per heavy atom. The van der Waals surface area contributed by atoms with Crippen molar-refractivity contribution in [3.8, 4) is 0 Å². The van der Waals surface area contributed by atoms with Gasteiger partial charge in [-0.25, -0.2) is 0 Å². The lowest BCUT2D eigenvalue weighted by molar-refractivity contribution is -0.131.